The van der Waals surface area contributed by atoms with Crippen LogP contribution < -0.4 is 4.74 Å². The number of rotatable bonds is 6. The first-order valence-electron chi connectivity index (χ1n) is 9.00. The van der Waals surface area contributed by atoms with Crippen LogP contribution in [0.4, 0.5) is 0 Å². The summed E-state index contributed by atoms with van der Waals surface area (Å²) in [5, 5.41) is 15.5. The first-order valence-corrected chi connectivity index (χ1v) is 9.78. The predicted molar refractivity (Wildman–Crippen MR) is 118 cm³/mol. The van der Waals surface area contributed by atoms with Gasteiger partial charge in [-0.1, -0.05) is 66.2 Å². The van der Waals surface area contributed by atoms with E-state index < -0.39 is 0 Å². The van der Waals surface area contributed by atoms with Crippen molar-refractivity contribution in [1.29, 1.82) is 0 Å². The molecule has 1 atom stereocenters. The van der Waals surface area contributed by atoms with Crippen molar-refractivity contribution in [2.24, 2.45) is 15.3 Å². The molecule has 5 nitrogen and oxygen atoms in total. The van der Waals surface area contributed by atoms with Crippen LogP contribution in [0.1, 0.15) is 22.9 Å². The van der Waals surface area contributed by atoms with Gasteiger partial charge in [-0.05, 0) is 42.0 Å². The van der Waals surface area contributed by atoms with Crippen LogP contribution in [0.2, 0.25) is 5.02 Å². The van der Waals surface area contributed by atoms with Crippen molar-refractivity contribution in [2.75, 3.05) is 0 Å². The minimum Gasteiger partial charge on any atom is -0.488 e. The molecule has 0 fully saturated rings. The largest absolute Gasteiger partial charge is 0.488 e. The van der Waals surface area contributed by atoms with Crippen molar-refractivity contribution >= 4 is 35.1 Å². The molecule has 0 spiro atoms. The summed E-state index contributed by atoms with van der Waals surface area (Å²) in [7, 11) is 0. The molecule has 0 saturated heterocycles. The molecule has 29 heavy (non-hydrogen) atoms. The quantitative estimate of drug-likeness (QED) is 0.362. The van der Waals surface area contributed by atoms with E-state index in [1.165, 1.54) is 0 Å². The Morgan fingerprint density at radius 2 is 1.72 bits per heavy atom. The number of hydrazone groups is 1. The molecule has 0 N–H and O–H groups in total. The number of benzene rings is 3. The van der Waals surface area contributed by atoms with E-state index in [0.717, 1.165) is 22.4 Å². The zero-order valence-electron chi connectivity index (χ0n) is 15.4. The predicted octanol–water partition coefficient (Wildman–Crippen LogP) is 6.00. The molecule has 1 unspecified atom stereocenters. The van der Waals surface area contributed by atoms with Crippen molar-refractivity contribution in [2.45, 2.75) is 12.8 Å². The molecule has 7 heteroatoms. The van der Waals surface area contributed by atoms with Crippen LogP contribution >= 0.6 is 23.8 Å². The van der Waals surface area contributed by atoms with E-state index in [1.807, 2.05) is 78.9 Å². The third kappa shape index (κ3) is 4.67. The number of halogens is 1. The molecule has 0 amide bonds. The Kier molecular flexibility index (Phi) is 5.93. The second-order valence-corrected chi connectivity index (χ2v) is 7.13. The van der Waals surface area contributed by atoms with Gasteiger partial charge in [0, 0.05) is 16.1 Å². The van der Waals surface area contributed by atoms with E-state index in [1.54, 1.807) is 11.2 Å². The number of hydrogen-bond acceptors (Lipinski definition) is 4. The smallest absolute Gasteiger partial charge is 0.238 e. The Bertz CT molecular complexity index is 1050. The highest BCUT2D eigenvalue weighted by Crippen LogP contribution is 2.29. The van der Waals surface area contributed by atoms with Gasteiger partial charge in [0.2, 0.25) is 5.11 Å². The minimum atomic E-state index is -0.359. The van der Waals surface area contributed by atoms with Crippen molar-refractivity contribution in [3.63, 3.8) is 0 Å². The van der Waals surface area contributed by atoms with Gasteiger partial charge in [0.1, 0.15) is 12.4 Å². The van der Waals surface area contributed by atoms with Gasteiger partial charge < -0.3 is 4.74 Å². The second kappa shape index (κ2) is 8.94. The normalized spacial score (nSPS) is 16.0. The van der Waals surface area contributed by atoms with Gasteiger partial charge in [-0.25, -0.2) is 5.01 Å². The first-order chi connectivity index (χ1) is 14.2. The lowest BCUT2D eigenvalue weighted by molar-refractivity contribution is 0.305. The van der Waals surface area contributed by atoms with E-state index in [9.17, 15) is 0 Å². The second-order valence-electron chi connectivity index (χ2n) is 6.32. The fraction of sp³-hybridized carbons (Fsp3) is 0.0909. The highest BCUT2D eigenvalue weighted by atomic mass is 35.5. The molecule has 1 aliphatic rings. The molecule has 4 rings (SSSR count). The standard InChI is InChI=1S/C22H17ClN4OS/c23-19-12-10-16(11-13-19)15-28-20-9-5-4-8-18(20)14-24-27-21(25-26-22(27)29)17-6-2-1-3-7-17/h1-14,21H,15H2. The molecule has 0 saturated carbocycles. The van der Waals surface area contributed by atoms with E-state index in [0.29, 0.717) is 16.7 Å². The van der Waals surface area contributed by atoms with E-state index in [2.05, 4.69) is 15.3 Å². The lowest BCUT2D eigenvalue weighted by Crippen LogP contribution is -2.21. The van der Waals surface area contributed by atoms with Crippen LogP contribution in [0.3, 0.4) is 0 Å². The molecule has 1 heterocycles. The summed E-state index contributed by atoms with van der Waals surface area (Å²) in [5.41, 5.74) is 2.84. The Hall–Kier alpha value is -3.09. The van der Waals surface area contributed by atoms with Crippen molar-refractivity contribution in [3.8, 4) is 5.75 Å². The van der Waals surface area contributed by atoms with Gasteiger partial charge in [0.25, 0.3) is 0 Å². The molecule has 144 valence electrons. The molecule has 0 aliphatic carbocycles. The van der Waals surface area contributed by atoms with Crippen molar-refractivity contribution < 1.29 is 4.74 Å². The molecule has 1 aliphatic heterocycles. The Morgan fingerprint density at radius 3 is 2.52 bits per heavy atom. The highest BCUT2D eigenvalue weighted by Gasteiger charge is 2.27. The molecule has 0 aromatic heterocycles. The monoisotopic (exact) mass is 420 g/mol. The van der Waals surface area contributed by atoms with Crippen molar-refractivity contribution in [1.82, 2.24) is 5.01 Å². The average molecular weight is 421 g/mol. The van der Waals surface area contributed by atoms with E-state index in [-0.39, 0.29) is 6.17 Å². The zero-order valence-corrected chi connectivity index (χ0v) is 16.9. The topological polar surface area (TPSA) is 49.5 Å². The summed E-state index contributed by atoms with van der Waals surface area (Å²) in [4.78, 5) is 0. The van der Waals surface area contributed by atoms with Crippen LogP contribution in [0.15, 0.2) is 94.2 Å². The molecule has 3 aromatic rings. The molecule has 0 bridgehead atoms. The Balaban J connectivity index is 1.51. The van der Waals surface area contributed by atoms with Gasteiger partial charge in [0.15, 0.2) is 6.17 Å². The maximum atomic E-state index is 5.98. The maximum Gasteiger partial charge on any atom is 0.238 e. The zero-order chi connectivity index (χ0) is 20.1. The van der Waals surface area contributed by atoms with Crippen LogP contribution in [0.5, 0.6) is 5.75 Å². The molecule has 0 radical (unpaired) electrons. The fourth-order valence-corrected chi connectivity index (χ4v) is 3.15. The van der Waals surface area contributed by atoms with Gasteiger partial charge in [-0.2, -0.15) is 10.2 Å². The van der Waals surface area contributed by atoms with Gasteiger partial charge >= 0.3 is 0 Å². The third-order valence-corrected chi connectivity index (χ3v) is 4.85. The van der Waals surface area contributed by atoms with Crippen LogP contribution in [-0.2, 0) is 6.61 Å². The third-order valence-electron chi connectivity index (χ3n) is 4.33. The van der Waals surface area contributed by atoms with E-state index in [4.69, 9.17) is 28.6 Å². The van der Waals surface area contributed by atoms with Gasteiger partial charge in [0.05, 0.1) is 6.21 Å². The summed E-state index contributed by atoms with van der Waals surface area (Å²) in [6.07, 6.45) is 1.36. The number of azo groups is 1. The number of hydrogen-bond donors (Lipinski definition) is 0. The Labute approximate surface area is 179 Å². The summed E-state index contributed by atoms with van der Waals surface area (Å²) in [6, 6.07) is 25.1. The molecular formula is C22H17ClN4OS. The number of thiocarbonyl (C=S) groups is 1. The van der Waals surface area contributed by atoms with E-state index >= 15 is 0 Å². The summed E-state index contributed by atoms with van der Waals surface area (Å²) in [6.45, 7) is 0.432. The SMILES string of the molecule is S=C1N=NC(c2ccccc2)N1N=Cc1ccccc1OCc1ccc(Cl)cc1. The lowest BCUT2D eigenvalue weighted by Gasteiger charge is -2.17. The van der Waals surface area contributed by atoms with Gasteiger partial charge in [-0.3, -0.25) is 0 Å². The maximum absolute atomic E-state index is 5.98. The first kappa shape index (κ1) is 19.2. The average Bonchev–Trinajstić information content (AvgIpc) is 3.13. The van der Waals surface area contributed by atoms with Crippen molar-refractivity contribution in [3.05, 3.63) is 101 Å². The van der Waals surface area contributed by atoms with Crippen LogP contribution in [0.25, 0.3) is 0 Å². The van der Waals surface area contributed by atoms with Gasteiger partial charge in [-0.15, -0.1) is 5.11 Å². The van der Waals surface area contributed by atoms with Crippen LogP contribution in [0, 0.1) is 0 Å². The highest BCUT2D eigenvalue weighted by molar-refractivity contribution is 7.80. The summed E-state index contributed by atoms with van der Waals surface area (Å²) < 4.78 is 5.98. The number of ether oxygens (including phenoxy) is 1. The lowest BCUT2D eigenvalue weighted by atomic mass is 10.2. The van der Waals surface area contributed by atoms with Crippen LogP contribution in [-0.4, -0.2) is 16.3 Å². The molecular weight excluding hydrogens is 404 g/mol. The number of para-hydroxylation sites is 1. The summed E-state index contributed by atoms with van der Waals surface area (Å²) >= 11 is 11.2. The summed E-state index contributed by atoms with van der Waals surface area (Å²) in [5.74, 6) is 0.724. The minimum absolute atomic E-state index is 0.328. The fourth-order valence-electron chi connectivity index (χ4n) is 2.83. The Morgan fingerprint density at radius 1 is 1.00 bits per heavy atom. The molecule has 3 aromatic carbocycles. The number of nitrogens with zero attached hydrogens (tertiary/aromatic N) is 4.